The Morgan fingerprint density at radius 3 is 2.60 bits per heavy atom. The van der Waals surface area contributed by atoms with E-state index in [2.05, 4.69) is 17.0 Å². The monoisotopic (exact) mass is 219 g/mol. The number of methoxy groups -OCH3 is 1. The maximum atomic E-state index is 12.0. The van der Waals surface area contributed by atoms with E-state index in [1.165, 1.54) is 0 Å². The van der Waals surface area contributed by atoms with Crippen molar-refractivity contribution in [2.24, 2.45) is 0 Å². The summed E-state index contributed by atoms with van der Waals surface area (Å²) in [7, 11) is 1.05. The molecule has 6 heteroatoms. The van der Waals surface area contributed by atoms with Crippen molar-refractivity contribution in [1.82, 2.24) is 5.32 Å². The Kier molecular flexibility index (Phi) is 5.97. The van der Waals surface area contributed by atoms with E-state index in [0.717, 1.165) is 13.2 Å². The second-order valence-electron chi connectivity index (χ2n) is 2.56. The topological polar surface area (TPSA) is 55.4 Å². The van der Waals surface area contributed by atoms with E-state index in [1.807, 2.05) is 5.32 Å². The van der Waals surface area contributed by atoms with Gasteiger partial charge in [0.1, 0.15) is 6.04 Å². The minimum Gasteiger partial charge on any atom is -0.467 e. The standard InChI is InChI=1S/C9H11F2NO3/c1-3-4-8(13)12-6(5-7(10)11)9(14)15-2/h4,6-7H,1,5H2,2H3,(H,12,13). The van der Waals surface area contributed by atoms with Crippen molar-refractivity contribution in [3.8, 4) is 0 Å². The van der Waals surface area contributed by atoms with Crippen LogP contribution in [-0.4, -0.2) is 31.5 Å². The van der Waals surface area contributed by atoms with Gasteiger partial charge in [0, 0.05) is 12.5 Å². The molecule has 1 N–H and O–H groups in total. The maximum absolute atomic E-state index is 12.0. The van der Waals surface area contributed by atoms with E-state index >= 15 is 0 Å². The van der Waals surface area contributed by atoms with Gasteiger partial charge in [-0.25, -0.2) is 13.6 Å². The van der Waals surface area contributed by atoms with Gasteiger partial charge in [0.25, 0.3) is 5.91 Å². The van der Waals surface area contributed by atoms with Crippen molar-refractivity contribution in [2.45, 2.75) is 18.9 Å². The maximum Gasteiger partial charge on any atom is 0.328 e. The molecule has 0 heterocycles. The third kappa shape index (κ3) is 5.59. The smallest absolute Gasteiger partial charge is 0.328 e. The zero-order chi connectivity index (χ0) is 11.8. The van der Waals surface area contributed by atoms with Gasteiger partial charge in [0.15, 0.2) is 0 Å². The van der Waals surface area contributed by atoms with Crippen LogP contribution in [0.2, 0.25) is 0 Å². The van der Waals surface area contributed by atoms with Crippen LogP contribution in [0.5, 0.6) is 0 Å². The van der Waals surface area contributed by atoms with E-state index in [0.29, 0.717) is 0 Å². The zero-order valence-corrected chi connectivity index (χ0v) is 8.13. The Bertz CT molecular complexity index is 285. The van der Waals surface area contributed by atoms with Gasteiger partial charge in [-0.15, -0.1) is 5.73 Å². The molecule has 0 aliphatic heterocycles. The molecule has 0 bridgehead atoms. The average Bonchev–Trinajstić information content (AvgIpc) is 2.15. The minimum atomic E-state index is -2.71. The number of carbonyl (C=O) groups excluding carboxylic acids is 2. The van der Waals surface area contributed by atoms with Crippen molar-refractivity contribution in [2.75, 3.05) is 7.11 Å². The summed E-state index contributed by atoms with van der Waals surface area (Å²) in [5.41, 5.74) is 2.16. The summed E-state index contributed by atoms with van der Waals surface area (Å²) >= 11 is 0. The number of alkyl halides is 2. The number of amides is 1. The lowest BCUT2D eigenvalue weighted by Gasteiger charge is -2.14. The Labute approximate surface area is 85.6 Å². The van der Waals surface area contributed by atoms with E-state index in [4.69, 9.17) is 0 Å². The highest BCUT2D eigenvalue weighted by molar-refractivity contribution is 5.91. The third-order valence-corrected chi connectivity index (χ3v) is 1.45. The second-order valence-corrected chi connectivity index (χ2v) is 2.56. The van der Waals surface area contributed by atoms with Gasteiger partial charge in [-0.2, -0.15) is 0 Å². The molecule has 0 saturated carbocycles. The predicted molar refractivity (Wildman–Crippen MR) is 48.3 cm³/mol. The first-order valence-electron chi connectivity index (χ1n) is 4.03. The fourth-order valence-corrected chi connectivity index (χ4v) is 0.841. The molecule has 1 atom stereocenters. The van der Waals surface area contributed by atoms with E-state index in [9.17, 15) is 18.4 Å². The lowest BCUT2D eigenvalue weighted by atomic mass is 10.2. The van der Waals surface area contributed by atoms with Gasteiger partial charge in [0.2, 0.25) is 6.43 Å². The van der Waals surface area contributed by atoms with Crippen LogP contribution in [0.15, 0.2) is 18.4 Å². The first-order valence-corrected chi connectivity index (χ1v) is 4.03. The Morgan fingerprint density at radius 1 is 1.60 bits per heavy atom. The quantitative estimate of drug-likeness (QED) is 0.419. The number of esters is 1. The van der Waals surface area contributed by atoms with E-state index in [-0.39, 0.29) is 0 Å². The molecule has 0 aromatic carbocycles. The predicted octanol–water partition coefficient (Wildman–Crippen LogP) is 0.640. The highest BCUT2D eigenvalue weighted by atomic mass is 19.3. The number of rotatable bonds is 5. The van der Waals surface area contributed by atoms with Crippen LogP contribution in [0.25, 0.3) is 0 Å². The summed E-state index contributed by atoms with van der Waals surface area (Å²) in [6, 6.07) is -1.35. The highest BCUT2D eigenvalue weighted by Gasteiger charge is 2.24. The molecule has 0 aliphatic rings. The molecule has 84 valence electrons. The summed E-state index contributed by atoms with van der Waals surface area (Å²) in [6.07, 6.45) is -2.59. The molecule has 0 aromatic heterocycles. The molecule has 1 unspecified atom stereocenters. The van der Waals surface area contributed by atoms with Crippen LogP contribution < -0.4 is 5.32 Å². The van der Waals surface area contributed by atoms with Crippen LogP contribution in [0.1, 0.15) is 6.42 Å². The second kappa shape index (κ2) is 6.73. The zero-order valence-electron chi connectivity index (χ0n) is 8.13. The molecular formula is C9H11F2NO3. The average molecular weight is 219 g/mol. The molecule has 0 fully saturated rings. The Morgan fingerprint density at radius 2 is 2.20 bits per heavy atom. The van der Waals surface area contributed by atoms with Crippen molar-refractivity contribution >= 4 is 11.9 Å². The SMILES string of the molecule is C=C=CC(=O)NC(CC(F)F)C(=O)OC. The minimum absolute atomic E-state index is 0.721. The number of nitrogens with one attached hydrogen (secondary N) is 1. The van der Waals surface area contributed by atoms with Crippen LogP contribution in [0, 0.1) is 0 Å². The molecule has 4 nitrogen and oxygen atoms in total. The lowest BCUT2D eigenvalue weighted by molar-refractivity contribution is -0.145. The summed E-state index contributed by atoms with van der Waals surface area (Å²) in [5, 5.41) is 2.05. The Hall–Kier alpha value is -1.68. The summed E-state index contributed by atoms with van der Waals surface area (Å²) in [4.78, 5) is 21.9. The van der Waals surface area contributed by atoms with Crippen molar-refractivity contribution in [3.05, 3.63) is 18.4 Å². The molecule has 1 amide bonds. The van der Waals surface area contributed by atoms with Gasteiger partial charge in [0.05, 0.1) is 7.11 Å². The molecule has 0 spiro atoms. The lowest BCUT2D eigenvalue weighted by Crippen LogP contribution is -2.42. The Balaban J connectivity index is 4.43. The molecular weight excluding hydrogens is 208 g/mol. The number of hydrogen-bond donors (Lipinski definition) is 1. The molecule has 0 radical (unpaired) electrons. The highest BCUT2D eigenvalue weighted by Crippen LogP contribution is 2.05. The fourth-order valence-electron chi connectivity index (χ4n) is 0.841. The van der Waals surface area contributed by atoms with Crippen LogP contribution >= 0.6 is 0 Å². The largest absolute Gasteiger partial charge is 0.467 e. The van der Waals surface area contributed by atoms with Gasteiger partial charge >= 0.3 is 5.97 Å². The van der Waals surface area contributed by atoms with Crippen LogP contribution in [-0.2, 0) is 14.3 Å². The fraction of sp³-hybridized carbons (Fsp3) is 0.444. The number of halogens is 2. The van der Waals surface area contributed by atoms with Gasteiger partial charge in [-0.1, -0.05) is 6.58 Å². The summed E-state index contributed by atoms with van der Waals surface area (Å²) in [6.45, 7) is 3.13. The number of hydrogen-bond acceptors (Lipinski definition) is 3. The van der Waals surface area contributed by atoms with Crippen LogP contribution in [0.3, 0.4) is 0 Å². The van der Waals surface area contributed by atoms with Crippen molar-refractivity contribution in [1.29, 1.82) is 0 Å². The van der Waals surface area contributed by atoms with Gasteiger partial charge in [-0.3, -0.25) is 4.79 Å². The van der Waals surface area contributed by atoms with E-state index in [1.54, 1.807) is 0 Å². The molecule has 15 heavy (non-hydrogen) atoms. The van der Waals surface area contributed by atoms with E-state index < -0.39 is 30.8 Å². The van der Waals surface area contributed by atoms with Crippen molar-refractivity contribution in [3.63, 3.8) is 0 Å². The summed E-state index contributed by atoms with van der Waals surface area (Å²) in [5.74, 6) is -1.64. The summed E-state index contributed by atoms with van der Waals surface area (Å²) < 4.78 is 28.3. The third-order valence-electron chi connectivity index (χ3n) is 1.45. The van der Waals surface area contributed by atoms with Crippen molar-refractivity contribution < 1.29 is 23.1 Å². The molecule has 0 saturated heterocycles. The number of ether oxygens (including phenoxy) is 1. The molecule has 0 rings (SSSR count). The first-order chi connectivity index (χ1) is 7.01. The number of carbonyl (C=O) groups is 2. The van der Waals surface area contributed by atoms with Crippen LogP contribution in [0.4, 0.5) is 8.78 Å². The first kappa shape index (κ1) is 13.3. The van der Waals surface area contributed by atoms with Gasteiger partial charge < -0.3 is 10.1 Å². The normalized spacial score (nSPS) is 11.5. The molecule has 0 aromatic rings. The molecule has 0 aliphatic carbocycles. The van der Waals surface area contributed by atoms with Gasteiger partial charge in [-0.05, 0) is 0 Å².